The molecule has 0 bridgehead atoms. The van der Waals surface area contributed by atoms with Crippen molar-refractivity contribution in [2.75, 3.05) is 13.1 Å². The second-order valence-corrected chi connectivity index (χ2v) is 10.9. The van der Waals surface area contributed by atoms with Crippen LogP contribution in [0.3, 0.4) is 0 Å². The van der Waals surface area contributed by atoms with Gasteiger partial charge in [0.25, 0.3) is 5.91 Å². The number of rotatable bonds is 11. The van der Waals surface area contributed by atoms with Crippen LogP contribution in [0, 0.1) is 5.41 Å². The van der Waals surface area contributed by atoms with Gasteiger partial charge in [0.2, 0.25) is 0 Å². The molecule has 8 nitrogen and oxygen atoms in total. The summed E-state index contributed by atoms with van der Waals surface area (Å²) in [6, 6.07) is 4.22. The Labute approximate surface area is 292 Å². The maximum absolute atomic E-state index is 14.0. The van der Waals surface area contributed by atoms with Gasteiger partial charge in [0.1, 0.15) is 5.41 Å². The van der Waals surface area contributed by atoms with Crippen molar-refractivity contribution in [3.05, 3.63) is 87.2 Å². The lowest BCUT2D eigenvalue weighted by molar-refractivity contribution is -0.255. The number of carboxylic acids is 1. The quantitative estimate of drug-likeness (QED) is 0.185. The number of hydrogen-bond donors (Lipinski definition) is 4. The van der Waals surface area contributed by atoms with Crippen molar-refractivity contribution in [3.8, 4) is 0 Å². The van der Waals surface area contributed by atoms with Crippen molar-refractivity contribution in [2.45, 2.75) is 87.1 Å². The standard InChI is InChI=1S/C29H31Cl2F3N4O4.3C2H6/c1-4-18(2)13-23-19(15-37-38(23)20-7-6-11-27(3,12-10-20)26(40)41)14-35-16-28(42,29(32,33)34)17-36-25(39)24-21(30)8-5-9-22(24)31;3*1-2/h5-13,15,35,42H,4,14,16-17H2,1-3H3,(H,36,39)(H,40,41);3*1-2H3/b18-13-;;;. The minimum atomic E-state index is -5.09. The van der Waals surface area contributed by atoms with Crippen LogP contribution in [-0.4, -0.2) is 56.7 Å². The fourth-order valence-corrected chi connectivity index (χ4v) is 4.49. The number of benzene rings is 1. The molecule has 2 unspecified atom stereocenters. The zero-order valence-corrected chi connectivity index (χ0v) is 30.6. The third kappa shape index (κ3) is 11.9. The zero-order chi connectivity index (χ0) is 37.3. The van der Waals surface area contributed by atoms with Crippen LogP contribution in [0.1, 0.15) is 90.3 Å². The number of amides is 1. The Hall–Kier alpha value is -3.38. The van der Waals surface area contributed by atoms with Gasteiger partial charge in [-0.2, -0.15) is 18.3 Å². The first-order valence-corrected chi connectivity index (χ1v) is 16.7. The molecule has 0 saturated carbocycles. The van der Waals surface area contributed by atoms with Crippen LogP contribution in [0.2, 0.25) is 10.0 Å². The summed E-state index contributed by atoms with van der Waals surface area (Å²) < 4.78 is 43.4. The van der Waals surface area contributed by atoms with Crippen LogP contribution in [0.4, 0.5) is 13.2 Å². The molecular weight excluding hydrogens is 668 g/mol. The van der Waals surface area contributed by atoms with Gasteiger partial charge >= 0.3 is 12.1 Å². The van der Waals surface area contributed by atoms with Gasteiger partial charge in [-0.25, -0.2) is 4.68 Å². The summed E-state index contributed by atoms with van der Waals surface area (Å²) in [5, 5.41) is 29.2. The number of alkyl halides is 3. The molecule has 3 rings (SSSR count). The lowest BCUT2D eigenvalue weighted by Crippen LogP contribution is -2.59. The number of aromatic nitrogens is 2. The average molecular weight is 718 g/mol. The third-order valence-electron chi connectivity index (χ3n) is 6.83. The highest BCUT2D eigenvalue weighted by Crippen LogP contribution is 2.31. The van der Waals surface area contributed by atoms with Crippen LogP contribution in [-0.2, 0) is 11.3 Å². The molecular formula is C35H49Cl2F3N4O4. The zero-order valence-electron chi connectivity index (χ0n) is 29.1. The van der Waals surface area contributed by atoms with Crippen LogP contribution < -0.4 is 10.6 Å². The van der Waals surface area contributed by atoms with Gasteiger partial charge < -0.3 is 20.8 Å². The van der Waals surface area contributed by atoms with E-state index in [4.69, 9.17) is 23.2 Å². The molecule has 0 spiro atoms. The minimum Gasteiger partial charge on any atom is -0.480 e. The number of nitrogens with zero attached hydrogens (tertiary/aromatic N) is 2. The molecule has 2 atom stereocenters. The third-order valence-corrected chi connectivity index (χ3v) is 7.46. The first-order valence-electron chi connectivity index (χ1n) is 15.9. The van der Waals surface area contributed by atoms with Crippen LogP contribution >= 0.6 is 23.2 Å². The van der Waals surface area contributed by atoms with Crippen LogP contribution in [0.15, 0.2) is 60.3 Å². The van der Waals surface area contributed by atoms with E-state index in [2.05, 4.69) is 15.7 Å². The number of hydrogen-bond acceptors (Lipinski definition) is 5. The summed E-state index contributed by atoms with van der Waals surface area (Å²) in [4.78, 5) is 24.2. The van der Waals surface area contributed by atoms with Crippen molar-refractivity contribution in [1.29, 1.82) is 0 Å². The highest BCUT2D eigenvalue weighted by atomic mass is 35.5. The molecule has 268 valence electrons. The second-order valence-electron chi connectivity index (χ2n) is 10.1. The number of allylic oxidation sites excluding steroid dienone is 5. The lowest BCUT2D eigenvalue weighted by Gasteiger charge is -2.31. The molecule has 0 fully saturated rings. The van der Waals surface area contributed by atoms with Crippen molar-refractivity contribution in [1.82, 2.24) is 20.4 Å². The SMILES string of the molecule is CC.CC.CC.CC/C(C)=C\c1c(CNCC(O)(CNC(=O)c2c(Cl)cccc2Cl)C(F)(F)F)cnn1C1=CC=CC(C)(C(=O)O)C=C1. The molecule has 1 aliphatic rings. The number of aliphatic carboxylic acids is 1. The second kappa shape index (κ2) is 20.9. The van der Waals surface area contributed by atoms with Crippen molar-refractivity contribution >= 4 is 46.9 Å². The molecule has 48 heavy (non-hydrogen) atoms. The molecule has 2 aromatic rings. The first-order chi connectivity index (χ1) is 22.6. The first kappa shape index (κ1) is 44.6. The van der Waals surface area contributed by atoms with E-state index in [1.54, 1.807) is 29.8 Å². The van der Waals surface area contributed by atoms with E-state index in [1.165, 1.54) is 36.5 Å². The Balaban J connectivity index is 0.00000348. The van der Waals surface area contributed by atoms with Gasteiger partial charge in [-0.15, -0.1) is 0 Å². The maximum atomic E-state index is 14.0. The number of aliphatic hydroxyl groups is 1. The van der Waals surface area contributed by atoms with Crippen molar-refractivity contribution in [2.24, 2.45) is 5.41 Å². The van der Waals surface area contributed by atoms with Gasteiger partial charge in [0.05, 0.1) is 39.7 Å². The molecule has 13 heteroatoms. The molecule has 0 saturated heterocycles. The molecule has 4 N–H and O–H groups in total. The van der Waals surface area contributed by atoms with E-state index in [0.29, 0.717) is 23.4 Å². The Morgan fingerprint density at radius 1 is 1.04 bits per heavy atom. The van der Waals surface area contributed by atoms with Gasteiger partial charge in [-0.05, 0) is 50.6 Å². The topological polar surface area (TPSA) is 116 Å². The smallest absolute Gasteiger partial charge is 0.420 e. The van der Waals surface area contributed by atoms with E-state index >= 15 is 0 Å². The summed E-state index contributed by atoms with van der Waals surface area (Å²) in [6.07, 6.45) is 6.90. The highest BCUT2D eigenvalue weighted by molar-refractivity contribution is 6.39. The summed E-state index contributed by atoms with van der Waals surface area (Å²) >= 11 is 12.0. The molecule has 1 heterocycles. The largest absolute Gasteiger partial charge is 0.480 e. The number of carbonyl (C=O) groups is 2. The van der Waals surface area contributed by atoms with Crippen molar-refractivity contribution in [3.63, 3.8) is 0 Å². The molecule has 1 amide bonds. The van der Waals surface area contributed by atoms with Gasteiger partial charge in [0, 0.05) is 18.7 Å². The van der Waals surface area contributed by atoms with E-state index in [9.17, 15) is 33.0 Å². The van der Waals surface area contributed by atoms with Gasteiger partial charge in [-0.1, -0.05) is 102 Å². The molecule has 1 aromatic carbocycles. The van der Waals surface area contributed by atoms with Crippen molar-refractivity contribution < 1.29 is 33.0 Å². The fraction of sp³-hybridized carbons (Fsp3) is 0.457. The highest BCUT2D eigenvalue weighted by Gasteiger charge is 2.53. The van der Waals surface area contributed by atoms with E-state index in [-0.39, 0.29) is 22.2 Å². The number of nitrogens with one attached hydrogen (secondary N) is 2. The Kier molecular flexibility index (Phi) is 19.4. The summed E-state index contributed by atoms with van der Waals surface area (Å²) in [5.74, 6) is -1.99. The predicted molar refractivity (Wildman–Crippen MR) is 190 cm³/mol. The minimum absolute atomic E-state index is 0.0460. The van der Waals surface area contributed by atoms with E-state index in [1.807, 2.05) is 61.5 Å². The molecule has 1 aromatic heterocycles. The fourth-order valence-electron chi connectivity index (χ4n) is 3.92. The average Bonchev–Trinajstić information content (AvgIpc) is 3.33. The maximum Gasteiger partial charge on any atom is 0.420 e. The number of carbonyl (C=O) groups excluding carboxylic acids is 1. The van der Waals surface area contributed by atoms with Gasteiger partial charge in [0.15, 0.2) is 5.60 Å². The molecule has 1 aliphatic carbocycles. The molecule has 0 aliphatic heterocycles. The number of carboxylic acid groups (broad SMARTS) is 1. The van der Waals surface area contributed by atoms with E-state index < -0.39 is 42.2 Å². The number of halogens is 5. The summed E-state index contributed by atoms with van der Waals surface area (Å²) in [7, 11) is 0. The van der Waals surface area contributed by atoms with Crippen LogP contribution in [0.5, 0.6) is 0 Å². The van der Waals surface area contributed by atoms with Gasteiger partial charge in [-0.3, -0.25) is 9.59 Å². The summed E-state index contributed by atoms with van der Waals surface area (Å²) in [6.45, 7) is 15.2. The van der Waals surface area contributed by atoms with E-state index in [0.717, 1.165) is 5.57 Å². The normalized spacial score (nSPS) is 16.8. The Morgan fingerprint density at radius 2 is 1.62 bits per heavy atom. The monoisotopic (exact) mass is 716 g/mol. The summed E-state index contributed by atoms with van der Waals surface area (Å²) in [5.41, 5.74) is -2.13. The van der Waals surface area contributed by atoms with Crippen LogP contribution in [0.25, 0.3) is 11.8 Å². The Morgan fingerprint density at radius 3 is 2.15 bits per heavy atom. The Bertz CT molecular complexity index is 1450. The molecule has 0 radical (unpaired) electrons. The predicted octanol–water partition coefficient (Wildman–Crippen LogP) is 8.95. The lowest BCUT2D eigenvalue weighted by atomic mass is 9.90.